The minimum absolute atomic E-state index is 0.0278. The normalized spacial score (nSPS) is 9.31. The topological polar surface area (TPSA) is 69.4 Å². The van der Waals surface area contributed by atoms with E-state index in [1.54, 1.807) is 6.07 Å². The number of para-hydroxylation sites is 2. The number of benzene rings is 1. The van der Waals surface area contributed by atoms with E-state index in [0.29, 0.717) is 0 Å². The maximum Gasteiger partial charge on any atom is 0.311 e. The van der Waals surface area contributed by atoms with Gasteiger partial charge in [0.05, 0.1) is 4.92 Å². The molecule has 0 aliphatic carbocycles. The molecule has 0 saturated heterocycles. The SMILES string of the molecule is CC(=O)Oc1ccccc1[N+](=O)[O-]. The number of nitrogens with zero attached hydrogens (tertiary/aromatic N) is 1. The van der Waals surface area contributed by atoms with Crippen LogP contribution in [0.15, 0.2) is 24.3 Å². The summed E-state index contributed by atoms with van der Waals surface area (Å²) in [6.45, 7) is 1.19. The zero-order chi connectivity index (χ0) is 9.84. The molecule has 13 heavy (non-hydrogen) atoms. The van der Waals surface area contributed by atoms with Crippen LogP contribution in [-0.4, -0.2) is 10.9 Å². The molecule has 68 valence electrons. The maximum atomic E-state index is 10.5. The molecular weight excluding hydrogens is 174 g/mol. The molecule has 5 heteroatoms. The van der Waals surface area contributed by atoms with E-state index in [0.717, 1.165) is 0 Å². The molecule has 0 spiro atoms. The summed E-state index contributed by atoms with van der Waals surface area (Å²) >= 11 is 0. The fourth-order valence-corrected chi connectivity index (χ4v) is 0.849. The largest absolute Gasteiger partial charge is 0.419 e. The summed E-state index contributed by atoms with van der Waals surface area (Å²) in [4.78, 5) is 20.4. The van der Waals surface area contributed by atoms with Crippen LogP contribution in [-0.2, 0) is 4.79 Å². The molecule has 0 amide bonds. The fraction of sp³-hybridized carbons (Fsp3) is 0.125. The van der Waals surface area contributed by atoms with Crippen molar-refractivity contribution in [3.05, 3.63) is 34.4 Å². The van der Waals surface area contributed by atoms with Gasteiger partial charge in [0.25, 0.3) is 0 Å². The number of rotatable bonds is 2. The highest BCUT2D eigenvalue weighted by molar-refractivity contribution is 5.71. The van der Waals surface area contributed by atoms with E-state index in [-0.39, 0.29) is 11.4 Å². The smallest absolute Gasteiger partial charge is 0.311 e. The first-order valence-electron chi connectivity index (χ1n) is 3.53. The fourth-order valence-electron chi connectivity index (χ4n) is 0.849. The van der Waals surface area contributed by atoms with Crippen molar-refractivity contribution < 1.29 is 14.5 Å². The van der Waals surface area contributed by atoms with Gasteiger partial charge < -0.3 is 4.74 Å². The summed E-state index contributed by atoms with van der Waals surface area (Å²) in [5.41, 5.74) is -0.210. The minimum Gasteiger partial charge on any atom is -0.419 e. The average Bonchev–Trinajstić information content (AvgIpc) is 2.03. The number of nitro groups is 1. The molecule has 0 aromatic heterocycles. The Kier molecular flexibility index (Phi) is 2.59. The van der Waals surface area contributed by atoms with Crippen LogP contribution in [0, 0.1) is 10.1 Å². The van der Waals surface area contributed by atoms with Crippen molar-refractivity contribution in [2.45, 2.75) is 6.92 Å². The molecule has 1 rings (SSSR count). The lowest BCUT2D eigenvalue weighted by Gasteiger charge is -2.00. The first kappa shape index (κ1) is 9.18. The monoisotopic (exact) mass is 181 g/mol. The number of carbonyl (C=O) groups is 1. The highest BCUT2D eigenvalue weighted by Gasteiger charge is 2.14. The highest BCUT2D eigenvalue weighted by Crippen LogP contribution is 2.25. The van der Waals surface area contributed by atoms with Crippen molar-refractivity contribution in [3.63, 3.8) is 0 Å². The molecule has 5 nitrogen and oxygen atoms in total. The van der Waals surface area contributed by atoms with Gasteiger partial charge in [0.1, 0.15) is 0 Å². The average molecular weight is 181 g/mol. The number of ether oxygens (including phenoxy) is 1. The summed E-state index contributed by atoms with van der Waals surface area (Å²) in [5.74, 6) is -0.602. The van der Waals surface area contributed by atoms with E-state index in [1.807, 2.05) is 0 Å². The first-order chi connectivity index (χ1) is 6.11. The van der Waals surface area contributed by atoms with E-state index < -0.39 is 10.9 Å². The second-order valence-electron chi connectivity index (χ2n) is 2.32. The third kappa shape index (κ3) is 2.26. The molecule has 0 bridgehead atoms. The molecule has 1 aromatic carbocycles. The van der Waals surface area contributed by atoms with E-state index in [4.69, 9.17) is 0 Å². The minimum atomic E-state index is -0.599. The molecule has 0 aliphatic heterocycles. The lowest BCUT2D eigenvalue weighted by atomic mass is 10.3. The number of carbonyl (C=O) groups excluding carboxylic acids is 1. The van der Waals surface area contributed by atoms with Crippen LogP contribution in [0.25, 0.3) is 0 Å². The van der Waals surface area contributed by atoms with E-state index >= 15 is 0 Å². The predicted molar refractivity (Wildman–Crippen MR) is 44.4 cm³/mol. The Morgan fingerprint density at radius 3 is 2.62 bits per heavy atom. The van der Waals surface area contributed by atoms with Crippen LogP contribution in [0.4, 0.5) is 5.69 Å². The van der Waals surface area contributed by atoms with Gasteiger partial charge in [0.2, 0.25) is 5.75 Å². The Labute approximate surface area is 74.1 Å². The van der Waals surface area contributed by atoms with E-state index in [1.165, 1.54) is 25.1 Å². The maximum absolute atomic E-state index is 10.5. The lowest BCUT2D eigenvalue weighted by Crippen LogP contribution is -2.03. The van der Waals surface area contributed by atoms with Gasteiger partial charge in [-0.3, -0.25) is 14.9 Å². The first-order valence-corrected chi connectivity index (χ1v) is 3.53. The Bertz CT molecular complexity index is 348. The Morgan fingerprint density at radius 1 is 1.46 bits per heavy atom. The molecule has 0 N–H and O–H groups in total. The quantitative estimate of drug-likeness (QED) is 0.300. The van der Waals surface area contributed by atoms with Gasteiger partial charge in [-0.15, -0.1) is 0 Å². The number of hydrogen-bond donors (Lipinski definition) is 0. The van der Waals surface area contributed by atoms with Crippen LogP contribution in [0.2, 0.25) is 0 Å². The van der Waals surface area contributed by atoms with Crippen LogP contribution >= 0.6 is 0 Å². The molecular formula is C8H7NO4. The van der Waals surface area contributed by atoms with Gasteiger partial charge in [-0.05, 0) is 6.07 Å². The summed E-state index contributed by atoms with van der Waals surface area (Å²) in [5, 5.41) is 10.4. The molecule has 0 heterocycles. The third-order valence-corrected chi connectivity index (χ3v) is 1.32. The van der Waals surface area contributed by atoms with Gasteiger partial charge in [0.15, 0.2) is 0 Å². The van der Waals surface area contributed by atoms with Crippen molar-refractivity contribution in [2.75, 3.05) is 0 Å². The second-order valence-corrected chi connectivity index (χ2v) is 2.32. The molecule has 1 aromatic rings. The standard InChI is InChI=1S/C8H7NO4/c1-6(10)13-8-5-3-2-4-7(8)9(11)12/h2-5H,1H3. The summed E-state index contributed by atoms with van der Waals surface area (Å²) < 4.78 is 4.63. The molecule has 0 unspecified atom stereocenters. The van der Waals surface area contributed by atoms with Crippen LogP contribution < -0.4 is 4.74 Å². The third-order valence-electron chi connectivity index (χ3n) is 1.32. The zero-order valence-electron chi connectivity index (χ0n) is 6.89. The van der Waals surface area contributed by atoms with Crippen LogP contribution in [0.3, 0.4) is 0 Å². The Balaban J connectivity index is 3.04. The zero-order valence-corrected chi connectivity index (χ0v) is 6.89. The van der Waals surface area contributed by atoms with Gasteiger partial charge in [-0.25, -0.2) is 0 Å². The number of nitro benzene ring substituents is 1. The van der Waals surface area contributed by atoms with Crippen LogP contribution in [0.5, 0.6) is 5.75 Å². The van der Waals surface area contributed by atoms with Crippen molar-refractivity contribution >= 4 is 11.7 Å². The van der Waals surface area contributed by atoms with E-state index in [2.05, 4.69) is 4.74 Å². The number of esters is 1. The summed E-state index contributed by atoms with van der Waals surface area (Å²) in [7, 11) is 0. The molecule has 0 aliphatic rings. The van der Waals surface area contributed by atoms with E-state index in [9.17, 15) is 14.9 Å². The lowest BCUT2D eigenvalue weighted by molar-refractivity contribution is -0.385. The number of hydrogen-bond acceptors (Lipinski definition) is 4. The predicted octanol–water partition coefficient (Wildman–Crippen LogP) is 1.52. The van der Waals surface area contributed by atoms with Crippen molar-refractivity contribution in [1.29, 1.82) is 0 Å². The molecule has 0 atom stereocenters. The second kappa shape index (κ2) is 3.66. The van der Waals surface area contributed by atoms with Crippen molar-refractivity contribution in [3.8, 4) is 5.75 Å². The van der Waals surface area contributed by atoms with Crippen molar-refractivity contribution in [2.24, 2.45) is 0 Å². The Hall–Kier alpha value is -1.91. The Morgan fingerprint density at radius 2 is 2.08 bits per heavy atom. The van der Waals surface area contributed by atoms with Gasteiger partial charge in [-0.1, -0.05) is 12.1 Å². The van der Waals surface area contributed by atoms with Crippen molar-refractivity contribution in [1.82, 2.24) is 0 Å². The van der Waals surface area contributed by atoms with Gasteiger partial charge in [-0.2, -0.15) is 0 Å². The highest BCUT2D eigenvalue weighted by atomic mass is 16.6. The van der Waals surface area contributed by atoms with Gasteiger partial charge >= 0.3 is 11.7 Å². The molecule has 0 saturated carbocycles. The molecule has 0 radical (unpaired) electrons. The van der Waals surface area contributed by atoms with Gasteiger partial charge in [0, 0.05) is 13.0 Å². The summed E-state index contributed by atoms with van der Waals surface area (Å²) in [6, 6.07) is 5.72. The van der Waals surface area contributed by atoms with Crippen LogP contribution in [0.1, 0.15) is 6.92 Å². The molecule has 0 fully saturated rings. The summed E-state index contributed by atoms with van der Waals surface area (Å²) in [6.07, 6.45) is 0.